The second-order valence-electron chi connectivity index (χ2n) is 7.30. The van der Waals surface area contributed by atoms with Crippen molar-refractivity contribution < 1.29 is 9.53 Å². The second kappa shape index (κ2) is 8.92. The molecule has 1 unspecified atom stereocenters. The van der Waals surface area contributed by atoms with Crippen LogP contribution in [0.3, 0.4) is 0 Å². The highest BCUT2D eigenvalue weighted by molar-refractivity contribution is 5.85. The molecule has 3 rings (SSSR count). The summed E-state index contributed by atoms with van der Waals surface area (Å²) in [5, 5.41) is 7.10. The number of carbonyl (C=O) groups is 1. The SMILES string of the molecule is CN(C)C(=O)CN=C(NC1CCCCC1)NC1CCOc2ccccc21. The zero-order chi connectivity index (χ0) is 18.4. The van der Waals surface area contributed by atoms with Crippen LogP contribution in [-0.2, 0) is 4.79 Å². The van der Waals surface area contributed by atoms with E-state index in [0.717, 1.165) is 36.5 Å². The number of ether oxygens (including phenoxy) is 1. The highest BCUT2D eigenvalue weighted by Crippen LogP contribution is 2.31. The molecule has 2 N–H and O–H groups in total. The summed E-state index contributed by atoms with van der Waals surface area (Å²) in [5.74, 6) is 1.66. The van der Waals surface area contributed by atoms with Crippen molar-refractivity contribution in [1.82, 2.24) is 15.5 Å². The zero-order valence-electron chi connectivity index (χ0n) is 15.8. The molecule has 0 radical (unpaired) electrons. The summed E-state index contributed by atoms with van der Waals surface area (Å²) in [7, 11) is 3.52. The van der Waals surface area contributed by atoms with E-state index in [2.05, 4.69) is 21.7 Å². The zero-order valence-corrected chi connectivity index (χ0v) is 15.8. The van der Waals surface area contributed by atoms with Crippen molar-refractivity contribution in [2.45, 2.75) is 50.6 Å². The highest BCUT2D eigenvalue weighted by Gasteiger charge is 2.23. The summed E-state index contributed by atoms with van der Waals surface area (Å²) in [6.07, 6.45) is 7.01. The van der Waals surface area contributed by atoms with Gasteiger partial charge in [-0.15, -0.1) is 0 Å². The number of fused-ring (bicyclic) bond motifs is 1. The molecule has 0 aromatic heterocycles. The summed E-state index contributed by atoms with van der Waals surface area (Å²) < 4.78 is 5.75. The van der Waals surface area contributed by atoms with Crippen molar-refractivity contribution in [3.8, 4) is 5.75 Å². The molecule has 142 valence electrons. The molecule has 1 aliphatic carbocycles. The lowest BCUT2D eigenvalue weighted by atomic mass is 9.95. The number of para-hydroxylation sites is 1. The first-order chi connectivity index (χ1) is 12.6. The predicted octanol–water partition coefficient (Wildman–Crippen LogP) is 2.47. The molecule has 2 aliphatic rings. The third kappa shape index (κ3) is 4.90. The van der Waals surface area contributed by atoms with Crippen molar-refractivity contribution in [3.05, 3.63) is 29.8 Å². The van der Waals surface area contributed by atoms with Crippen LogP contribution in [0.1, 0.15) is 50.1 Å². The van der Waals surface area contributed by atoms with Gasteiger partial charge in [0.25, 0.3) is 0 Å². The molecule has 1 aliphatic heterocycles. The first kappa shape index (κ1) is 18.5. The monoisotopic (exact) mass is 358 g/mol. The molecule has 0 saturated heterocycles. The average Bonchev–Trinajstić information content (AvgIpc) is 2.67. The minimum Gasteiger partial charge on any atom is -0.493 e. The van der Waals surface area contributed by atoms with Gasteiger partial charge in [0.15, 0.2) is 5.96 Å². The van der Waals surface area contributed by atoms with Crippen LogP contribution < -0.4 is 15.4 Å². The average molecular weight is 358 g/mol. The molecule has 26 heavy (non-hydrogen) atoms. The van der Waals surface area contributed by atoms with Crippen LogP contribution in [-0.4, -0.2) is 50.1 Å². The van der Waals surface area contributed by atoms with Gasteiger partial charge in [0.1, 0.15) is 12.3 Å². The predicted molar refractivity (Wildman–Crippen MR) is 103 cm³/mol. The minimum absolute atomic E-state index is 0.00196. The Hall–Kier alpha value is -2.24. The number of likely N-dealkylation sites (N-methyl/N-ethyl adjacent to an activating group) is 1. The molecule has 1 saturated carbocycles. The number of guanidine groups is 1. The molecule has 0 bridgehead atoms. The maximum absolute atomic E-state index is 12.0. The fraction of sp³-hybridized carbons (Fsp3) is 0.600. The summed E-state index contributed by atoms with van der Waals surface area (Å²) in [4.78, 5) is 18.1. The first-order valence-electron chi connectivity index (χ1n) is 9.63. The molecular formula is C20H30N4O2. The van der Waals surface area contributed by atoms with E-state index in [1.165, 1.54) is 19.3 Å². The molecule has 1 heterocycles. The van der Waals surface area contributed by atoms with Crippen LogP contribution in [0.4, 0.5) is 0 Å². The fourth-order valence-electron chi connectivity index (χ4n) is 3.52. The summed E-state index contributed by atoms with van der Waals surface area (Å²) in [6.45, 7) is 0.835. The molecule has 1 fully saturated rings. The number of nitrogens with one attached hydrogen (secondary N) is 2. The van der Waals surface area contributed by atoms with Crippen molar-refractivity contribution in [2.75, 3.05) is 27.2 Å². The standard InChI is InChI=1S/C20H30N4O2/c1-24(2)19(25)14-21-20(22-15-8-4-3-5-9-15)23-17-12-13-26-18-11-7-6-10-16(17)18/h6-7,10-11,15,17H,3-5,8-9,12-14H2,1-2H3,(H2,21,22,23). The number of rotatable bonds is 4. The van der Waals surface area contributed by atoms with Gasteiger partial charge in [0.05, 0.1) is 12.6 Å². The number of benzene rings is 1. The lowest BCUT2D eigenvalue weighted by molar-refractivity contribution is -0.127. The molecule has 6 nitrogen and oxygen atoms in total. The van der Waals surface area contributed by atoms with E-state index < -0.39 is 0 Å². The second-order valence-corrected chi connectivity index (χ2v) is 7.30. The van der Waals surface area contributed by atoms with E-state index in [4.69, 9.17) is 4.74 Å². The van der Waals surface area contributed by atoms with Crippen LogP contribution >= 0.6 is 0 Å². The lowest BCUT2D eigenvalue weighted by Crippen LogP contribution is -2.46. The van der Waals surface area contributed by atoms with Gasteiger partial charge in [-0.3, -0.25) is 4.79 Å². The molecule has 0 spiro atoms. The van der Waals surface area contributed by atoms with Gasteiger partial charge < -0.3 is 20.3 Å². The smallest absolute Gasteiger partial charge is 0.243 e. The van der Waals surface area contributed by atoms with Crippen molar-refractivity contribution in [2.24, 2.45) is 4.99 Å². The van der Waals surface area contributed by atoms with E-state index in [-0.39, 0.29) is 18.5 Å². The molecule has 1 atom stereocenters. The number of nitrogens with zero attached hydrogens (tertiary/aromatic N) is 2. The first-order valence-corrected chi connectivity index (χ1v) is 9.63. The maximum atomic E-state index is 12.0. The molecule has 1 aromatic rings. The summed E-state index contributed by atoms with van der Waals surface area (Å²) >= 11 is 0. The van der Waals surface area contributed by atoms with E-state index >= 15 is 0 Å². The Morgan fingerprint density at radius 1 is 1.15 bits per heavy atom. The third-order valence-corrected chi connectivity index (χ3v) is 5.09. The normalized spacial score (nSPS) is 20.7. The van der Waals surface area contributed by atoms with E-state index in [1.807, 2.05) is 18.2 Å². The summed E-state index contributed by atoms with van der Waals surface area (Å²) in [5.41, 5.74) is 1.15. The minimum atomic E-state index is 0.00196. The van der Waals surface area contributed by atoms with Gasteiger partial charge in [-0.05, 0) is 18.9 Å². The van der Waals surface area contributed by atoms with Crippen LogP contribution in [0.25, 0.3) is 0 Å². The van der Waals surface area contributed by atoms with E-state index in [9.17, 15) is 4.79 Å². The van der Waals surface area contributed by atoms with Crippen LogP contribution in [0.15, 0.2) is 29.3 Å². The number of hydrogen-bond acceptors (Lipinski definition) is 3. The Morgan fingerprint density at radius 2 is 1.92 bits per heavy atom. The van der Waals surface area contributed by atoms with E-state index in [1.54, 1.807) is 19.0 Å². The fourth-order valence-corrected chi connectivity index (χ4v) is 3.52. The molecular weight excluding hydrogens is 328 g/mol. The van der Waals surface area contributed by atoms with Gasteiger partial charge in [0.2, 0.25) is 5.91 Å². The van der Waals surface area contributed by atoms with Gasteiger partial charge in [-0.1, -0.05) is 37.5 Å². The molecule has 1 amide bonds. The Balaban J connectivity index is 1.72. The highest BCUT2D eigenvalue weighted by atomic mass is 16.5. The topological polar surface area (TPSA) is 66.0 Å². The lowest BCUT2D eigenvalue weighted by Gasteiger charge is -2.30. The van der Waals surface area contributed by atoms with E-state index in [0.29, 0.717) is 12.6 Å². The number of aliphatic imine (C=N–C) groups is 1. The Kier molecular flexibility index (Phi) is 6.36. The van der Waals surface area contributed by atoms with Crippen molar-refractivity contribution in [1.29, 1.82) is 0 Å². The summed E-state index contributed by atoms with van der Waals surface area (Å²) in [6, 6.07) is 8.69. The molecule has 1 aromatic carbocycles. The van der Waals surface area contributed by atoms with Crippen LogP contribution in [0.5, 0.6) is 5.75 Å². The Morgan fingerprint density at radius 3 is 2.69 bits per heavy atom. The van der Waals surface area contributed by atoms with Gasteiger partial charge >= 0.3 is 0 Å². The van der Waals surface area contributed by atoms with Gasteiger partial charge in [-0.25, -0.2) is 4.99 Å². The number of carbonyl (C=O) groups excluding carboxylic acids is 1. The van der Waals surface area contributed by atoms with Gasteiger partial charge in [-0.2, -0.15) is 0 Å². The molecule has 6 heteroatoms. The van der Waals surface area contributed by atoms with Crippen LogP contribution in [0, 0.1) is 0 Å². The third-order valence-electron chi connectivity index (χ3n) is 5.09. The Bertz CT molecular complexity index is 638. The number of hydrogen-bond donors (Lipinski definition) is 2. The van der Waals surface area contributed by atoms with Crippen molar-refractivity contribution in [3.63, 3.8) is 0 Å². The Labute approximate surface area is 156 Å². The number of amides is 1. The quantitative estimate of drug-likeness (QED) is 0.641. The van der Waals surface area contributed by atoms with Gasteiger partial charge in [0, 0.05) is 32.1 Å². The maximum Gasteiger partial charge on any atom is 0.243 e. The van der Waals surface area contributed by atoms with Crippen LogP contribution in [0.2, 0.25) is 0 Å². The largest absolute Gasteiger partial charge is 0.493 e. The van der Waals surface area contributed by atoms with Crippen molar-refractivity contribution >= 4 is 11.9 Å².